The number of nitrogens with zero attached hydrogens (tertiary/aromatic N) is 2. The normalized spacial score (nSPS) is 24.0. The van der Waals surface area contributed by atoms with Gasteiger partial charge in [-0.05, 0) is 39.9 Å². The van der Waals surface area contributed by atoms with Gasteiger partial charge in [-0.15, -0.1) is 0 Å². The van der Waals surface area contributed by atoms with Gasteiger partial charge in [0.05, 0.1) is 0 Å². The van der Waals surface area contributed by atoms with Crippen molar-refractivity contribution in [2.45, 2.75) is 25.3 Å². The lowest BCUT2D eigenvalue weighted by atomic mass is 9.95. The third-order valence-corrected chi connectivity index (χ3v) is 3.77. The topological polar surface area (TPSA) is 41.7 Å². The zero-order valence-electron chi connectivity index (χ0n) is 11.0. The summed E-state index contributed by atoms with van der Waals surface area (Å²) in [5.74, 6) is 0. The van der Waals surface area contributed by atoms with Crippen LogP contribution in [0.3, 0.4) is 0 Å². The van der Waals surface area contributed by atoms with Gasteiger partial charge in [-0.3, -0.25) is 4.90 Å². The predicted molar refractivity (Wildman–Crippen MR) is 67.6 cm³/mol. The number of methoxy groups -OCH3 is 1. The Morgan fingerprint density at radius 2 is 2.00 bits per heavy atom. The Hall–Kier alpha value is -0.160. The first-order valence-corrected chi connectivity index (χ1v) is 6.25. The largest absolute Gasteiger partial charge is 0.385 e. The van der Waals surface area contributed by atoms with Gasteiger partial charge in [0, 0.05) is 38.9 Å². The lowest BCUT2D eigenvalue weighted by molar-refractivity contribution is 0.0718. The molecule has 0 aromatic rings. The van der Waals surface area contributed by atoms with Crippen molar-refractivity contribution in [2.24, 2.45) is 5.73 Å². The summed E-state index contributed by atoms with van der Waals surface area (Å²) in [6, 6.07) is 0. The van der Waals surface area contributed by atoms with Crippen molar-refractivity contribution in [3.05, 3.63) is 0 Å². The van der Waals surface area contributed by atoms with Crippen LogP contribution in [0.2, 0.25) is 0 Å². The van der Waals surface area contributed by atoms with E-state index in [0.29, 0.717) is 6.54 Å². The van der Waals surface area contributed by atoms with E-state index in [1.54, 1.807) is 7.11 Å². The molecule has 1 unspecified atom stereocenters. The van der Waals surface area contributed by atoms with Crippen molar-refractivity contribution in [3.8, 4) is 0 Å². The van der Waals surface area contributed by atoms with Crippen molar-refractivity contribution in [2.75, 3.05) is 53.5 Å². The highest BCUT2D eigenvalue weighted by molar-refractivity contribution is 4.88. The second-order valence-corrected chi connectivity index (χ2v) is 5.09. The fourth-order valence-corrected chi connectivity index (χ4v) is 2.30. The van der Waals surface area contributed by atoms with Crippen LogP contribution < -0.4 is 5.73 Å². The molecule has 2 N–H and O–H groups in total. The second kappa shape index (κ2) is 6.55. The second-order valence-electron chi connectivity index (χ2n) is 5.09. The quantitative estimate of drug-likeness (QED) is 0.740. The highest BCUT2D eigenvalue weighted by Gasteiger charge is 2.30. The number of hydrogen-bond donors (Lipinski definition) is 1. The van der Waals surface area contributed by atoms with Crippen molar-refractivity contribution in [1.82, 2.24) is 9.80 Å². The first-order chi connectivity index (χ1) is 7.62. The van der Waals surface area contributed by atoms with Gasteiger partial charge in [0.15, 0.2) is 0 Å². The van der Waals surface area contributed by atoms with Crippen molar-refractivity contribution >= 4 is 0 Å². The summed E-state index contributed by atoms with van der Waals surface area (Å²) in [6.07, 6.45) is 2.25. The molecule has 1 saturated heterocycles. The Labute approximate surface area is 99.7 Å². The first kappa shape index (κ1) is 13.9. The van der Waals surface area contributed by atoms with Gasteiger partial charge in [-0.2, -0.15) is 0 Å². The van der Waals surface area contributed by atoms with E-state index in [2.05, 4.69) is 23.8 Å². The average Bonchev–Trinajstić information content (AvgIpc) is 2.51. The molecule has 1 heterocycles. The van der Waals surface area contributed by atoms with Crippen molar-refractivity contribution in [1.29, 1.82) is 0 Å². The van der Waals surface area contributed by atoms with Crippen LogP contribution in [0, 0.1) is 0 Å². The van der Waals surface area contributed by atoms with Gasteiger partial charge in [0.2, 0.25) is 0 Å². The lowest BCUT2D eigenvalue weighted by Gasteiger charge is -2.40. The summed E-state index contributed by atoms with van der Waals surface area (Å²) in [7, 11) is 3.95. The number of ether oxygens (including phenoxy) is 1. The highest BCUT2D eigenvalue weighted by atomic mass is 16.5. The molecule has 1 rings (SSSR count). The van der Waals surface area contributed by atoms with Gasteiger partial charge in [-0.1, -0.05) is 0 Å². The van der Waals surface area contributed by atoms with Crippen LogP contribution >= 0.6 is 0 Å². The van der Waals surface area contributed by atoms with E-state index in [9.17, 15) is 0 Å². The van der Waals surface area contributed by atoms with Crippen LogP contribution in [-0.2, 0) is 4.74 Å². The molecular formula is C12H27N3O. The summed E-state index contributed by atoms with van der Waals surface area (Å²) in [5, 5.41) is 0. The van der Waals surface area contributed by atoms with Crippen LogP contribution in [0.5, 0.6) is 0 Å². The minimum absolute atomic E-state index is 0.0984. The molecule has 96 valence electrons. The lowest BCUT2D eigenvalue weighted by Crippen LogP contribution is -2.53. The molecule has 1 atom stereocenters. The molecule has 1 fully saturated rings. The smallest absolute Gasteiger partial charge is 0.0480 e. The van der Waals surface area contributed by atoms with Crippen LogP contribution in [0.25, 0.3) is 0 Å². The summed E-state index contributed by atoms with van der Waals surface area (Å²) in [6.45, 7) is 8.37. The van der Waals surface area contributed by atoms with Gasteiger partial charge in [-0.25, -0.2) is 0 Å². The van der Waals surface area contributed by atoms with Crippen molar-refractivity contribution in [3.63, 3.8) is 0 Å². The Morgan fingerprint density at radius 1 is 1.25 bits per heavy atom. The van der Waals surface area contributed by atoms with Crippen LogP contribution in [0.15, 0.2) is 0 Å². The number of likely N-dealkylation sites (N-methyl/N-ethyl adjacent to an activating group) is 1. The van der Waals surface area contributed by atoms with Crippen molar-refractivity contribution < 1.29 is 4.74 Å². The minimum Gasteiger partial charge on any atom is -0.385 e. The molecule has 4 nitrogen and oxygen atoms in total. The molecule has 0 radical (unpaired) electrons. The Balaban J connectivity index is 2.56. The van der Waals surface area contributed by atoms with Gasteiger partial charge in [0.25, 0.3) is 0 Å². The third kappa shape index (κ3) is 3.70. The maximum atomic E-state index is 5.95. The standard InChI is InChI=1S/C12H27N3O/c1-12(11-13,5-10-16-3)15-7-4-6-14(2)8-9-15/h4-11,13H2,1-3H3. The van der Waals surface area contributed by atoms with Gasteiger partial charge in [0.1, 0.15) is 0 Å². The molecule has 0 bridgehead atoms. The van der Waals surface area contributed by atoms with E-state index in [1.165, 1.54) is 13.0 Å². The fourth-order valence-electron chi connectivity index (χ4n) is 2.30. The molecule has 1 aliphatic heterocycles. The average molecular weight is 229 g/mol. The van der Waals surface area contributed by atoms with Crippen LogP contribution in [-0.4, -0.2) is 68.8 Å². The highest BCUT2D eigenvalue weighted by Crippen LogP contribution is 2.20. The number of nitrogens with two attached hydrogens (primary N) is 1. The molecule has 1 aliphatic rings. The maximum Gasteiger partial charge on any atom is 0.0480 e. The van der Waals surface area contributed by atoms with E-state index >= 15 is 0 Å². The molecule has 4 heteroatoms. The van der Waals surface area contributed by atoms with E-state index in [1.807, 2.05) is 0 Å². The molecule has 0 saturated carbocycles. The molecule has 0 amide bonds. The van der Waals surface area contributed by atoms with Crippen LogP contribution in [0.4, 0.5) is 0 Å². The van der Waals surface area contributed by atoms with Crippen LogP contribution in [0.1, 0.15) is 19.8 Å². The Morgan fingerprint density at radius 3 is 2.62 bits per heavy atom. The Kier molecular flexibility index (Phi) is 5.69. The SMILES string of the molecule is COCCC(C)(CN)N1CCCN(C)CC1. The summed E-state index contributed by atoms with van der Waals surface area (Å²) in [5.41, 5.74) is 6.05. The minimum atomic E-state index is 0.0984. The fraction of sp³-hybridized carbons (Fsp3) is 1.00. The predicted octanol–water partition coefficient (Wildman–Crippen LogP) is 0.378. The zero-order valence-corrected chi connectivity index (χ0v) is 11.0. The molecule has 16 heavy (non-hydrogen) atoms. The maximum absolute atomic E-state index is 5.95. The van der Waals surface area contributed by atoms with Gasteiger partial charge < -0.3 is 15.4 Å². The molecular weight excluding hydrogens is 202 g/mol. The first-order valence-electron chi connectivity index (χ1n) is 6.25. The zero-order chi connectivity index (χ0) is 12.0. The summed E-state index contributed by atoms with van der Waals surface area (Å²) in [4.78, 5) is 4.93. The molecule has 0 spiro atoms. The molecule has 0 aromatic carbocycles. The summed E-state index contributed by atoms with van der Waals surface area (Å²) < 4.78 is 5.19. The van der Waals surface area contributed by atoms with E-state index < -0.39 is 0 Å². The summed E-state index contributed by atoms with van der Waals surface area (Å²) >= 11 is 0. The van der Waals surface area contributed by atoms with E-state index in [4.69, 9.17) is 10.5 Å². The van der Waals surface area contributed by atoms with E-state index in [-0.39, 0.29) is 5.54 Å². The number of rotatable bonds is 5. The van der Waals surface area contributed by atoms with Gasteiger partial charge >= 0.3 is 0 Å². The monoisotopic (exact) mass is 229 g/mol. The Bertz CT molecular complexity index is 201. The number of hydrogen-bond acceptors (Lipinski definition) is 4. The third-order valence-electron chi connectivity index (χ3n) is 3.77. The van der Waals surface area contributed by atoms with E-state index in [0.717, 1.165) is 32.7 Å². The molecule has 0 aromatic heterocycles. The molecule has 0 aliphatic carbocycles.